The van der Waals surface area contributed by atoms with Crippen LogP contribution in [-0.2, 0) is 4.79 Å². The van der Waals surface area contributed by atoms with Gasteiger partial charge >= 0.3 is 0 Å². The van der Waals surface area contributed by atoms with Crippen LogP contribution in [0.15, 0.2) is 0 Å². The summed E-state index contributed by atoms with van der Waals surface area (Å²) in [6.45, 7) is 0.723. The van der Waals surface area contributed by atoms with Gasteiger partial charge in [0.05, 0.1) is 0 Å². The van der Waals surface area contributed by atoms with Crippen LogP contribution in [0.3, 0.4) is 0 Å². The molecule has 7 heavy (non-hydrogen) atoms. The number of halogens is 1. The Hall–Kier alpha value is -0.240. The highest BCUT2D eigenvalue weighted by Gasteiger charge is 2.16. The summed E-state index contributed by atoms with van der Waals surface area (Å²) in [5, 5.41) is 0. The van der Waals surface area contributed by atoms with Gasteiger partial charge in [-0.15, -0.1) is 0 Å². The van der Waals surface area contributed by atoms with Gasteiger partial charge in [-0.3, -0.25) is 9.21 Å². The zero-order valence-electron chi connectivity index (χ0n) is 3.85. The first-order chi connectivity index (χ1) is 3.30. The van der Waals surface area contributed by atoms with Gasteiger partial charge in [0, 0.05) is 24.7 Å². The van der Waals surface area contributed by atoms with E-state index >= 15 is 0 Å². The minimum absolute atomic E-state index is 0.0571. The second-order valence-electron chi connectivity index (χ2n) is 1.58. The van der Waals surface area contributed by atoms with Crippen molar-refractivity contribution in [2.75, 3.05) is 6.54 Å². The van der Waals surface area contributed by atoms with Gasteiger partial charge in [0.15, 0.2) is 0 Å². The molecule has 0 aromatic rings. The third-order valence-electron chi connectivity index (χ3n) is 1.02. The summed E-state index contributed by atoms with van der Waals surface area (Å²) in [5.74, 6) is 0.0571. The molecule has 0 bridgehead atoms. The molecule has 1 amide bonds. The minimum atomic E-state index is 0.0571. The highest BCUT2D eigenvalue weighted by atomic mass is 35.5. The monoisotopic (exact) mass is 119 g/mol. The first-order valence-electron chi connectivity index (χ1n) is 2.27. The molecule has 0 aliphatic carbocycles. The number of hydrogen-bond donors (Lipinski definition) is 0. The molecule has 1 heterocycles. The molecule has 0 spiro atoms. The van der Waals surface area contributed by atoms with Crippen molar-refractivity contribution in [2.45, 2.75) is 12.8 Å². The predicted molar refractivity (Wildman–Crippen MR) is 26.8 cm³/mol. The van der Waals surface area contributed by atoms with E-state index < -0.39 is 0 Å². The molecule has 1 fully saturated rings. The van der Waals surface area contributed by atoms with Crippen molar-refractivity contribution in [2.24, 2.45) is 0 Å². The van der Waals surface area contributed by atoms with Crippen LogP contribution < -0.4 is 0 Å². The van der Waals surface area contributed by atoms with E-state index in [0.29, 0.717) is 6.42 Å². The van der Waals surface area contributed by atoms with Crippen LogP contribution >= 0.6 is 11.8 Å². The van der Waals surface area contributed by atoms with E-state index in [1.54, 1.807) is 0 Å². The van der Waals surface area contributed by atoms with Gasteiger partial charge in [0.25, 0.3) is 0 Å². The van der Waals surface area contributed by atoms with Gasteiger partial charge in [-0.2, -0.15) is 0 Å². The zero-order chi connectivity index (χ0) is 5.28. The third kappa shape index (κ3) is 0.855. The number of rotatable bonds is 0. The molecule has 0 radical (unpaired) electrons. The Balaban J connectivity index is 2.48. The fourth-order valence-corrected chi connectivity index (χ4v) is 0.819. The molecule has 0 aromatic heterocycles. The summed E-state index contributed by atoms with van der Waals surface area (Å²) in [6, 6.07) is 0. The van der Waals surface area contributed by atoms with Crippen LogP contribution in [0.25, 0.3) is 0 Å². The maximum Gasteiger partial charge on any atom is 0.236 e. The van der Waals surface area contributed by atoms with Gasteiger partial charge in [0.2, 0.25) is 5.91 Å². The normalized spacial score (nSPS) is 21.3. The maximum atomic E-state index is 10.4. The molecular formula is C4H6ClNO. The van der Waals surface area contributed by atoms with Gasteiger partial charge in [-0.25, -0.2) is 0 Å². The van der Waals surface area contributed by atoms with E-state index in [0.717, 1.165) is 13.0 Å². The van der Waals surface area contributed by atoms with E-state index in [-0.39, 0.29) is 5.91 Å². The fraction of sp³-hybridized carbons (Fsp3) is 0.750. The van der Waals surface area contributed by atoms with Gasteiger partial charge in [-0.1, -0.05) is 0 Å². The second-order valence-corrected chi connectivity index (χ2v) is 1.99. The second kappa shape index (κ2) is 1.70. The summed E-state index contributed by atoms with van der Waals surface area (Å²) in [4.78, 5) is 10.4. The van der Waals surface area contributed by atoms with E-state index in [4.69, 9.17) is 11.8 Å². The van der Waals surface area contributed by atoms with Crippen LogP contribution in [0, 0.1) is 0 Å². The standard InChI is InChI=1S/C4H6ClNO/c5-6-3-1-2-4(6)7/h1-3H2. The average Bonchev–Trinajstić information content (AvgIpc) is 1.91. The van der Waals surface area contributed by atoms with Gasteiger partial charge in [0.1, 0.15) is 0 Å². The van der Waals surface area contributed by atoms with Crippen LogP contribution in [0.2, 0.25) is 0 Å². The van der Waals surface area contributed by atoms with Gasteiger partial charge in [-0.05, 0) is 6.42 Å². The highest BCUT2D eigenvalue weighted by molar-refractivity contribution is 6.21. The molecule has 2 nitrogen and oxygen atoms in total. The first kappa shape index (κ1) is 4.91. The van der Waals surface area contributed by atoms with Crippen molar-refractivity contribution >= 4 is 17.7 Å². The first-order valence-corrected chi connectivity index (χ1v) is 2.60. The van der Waals surface area contributed by atoms with Crippen molar-refractivity contribution in [3.63, 3.8) is 0 Å². The Morgan fingerprint density at radius 3 is 2.57 bits per heavy atom. The Morgan fingerprint density at radius 1 is 1.71 bits per heavy atom. The number of carbonyl (C=O) groups is 1. The summed E-state index contributed by atoms with van der Waals surface area (Å²) < 4.78 is 1.24. The Bertz CT molecular complexity index is 93.7. The molecule has 0 saturated carbocycles. The fourth-order valence-electron chi connectivity index (χ4n) is 0.615. The molecule has 0 atom stereocenters. The molecule has 1 saturated heterocycles. The summed E-state index contributed by atoms with van der Waals surface area (Å²) in [6.07, 6.45) is 1.55. The predicted octanol–water partition coefficient (Wildman–Crippen LogP) is 0.763. The van der Waals surface area contributed by atoms with Crippen molar-refractivity contribution in [3.8, 4) is 0 Å². The van der Waals surface area contributed by atoms with Crippen molar-refractivity contribution in [1.29, 1.82) is 0 Å². The number of hydrogen-bond acceptors (Lipinski definition) is 1. The molecule has 0 unspecified atom stereocenters. The van der Waals surface area contributed by atoms with Crippen LogP contribution in [-0.4, -0.2) is 16.9 Å². The van der Waals surface area contributed by atoms with Crippen molar-refractivity contribution in [3.05, 3.63) is 0 Å². The Labute approximate surface area is 47.2 Å². The number of carbonyl (C=O) groups excluding carboxylic acids is 1. The lowest BCUT2D eigenvalue weighted by molar-refractivity contribution is -0.123. The number of nitrogens with zero attached hydrogens (tertiary/aromatic N) is 1. The van der Waals surface area contributed by atoms with E-state index in [1.807, 2.05) is 0 Å². The number of amides is 1. The molecule has 0 N–H and O–H groups in total. The Morgan fingerprint density at radius 2 is 2.43 bits per heavy atom. The van der Waals surface area contributed by atoms with E-state index in [1.165, 1.54) is 4.42 Å². The topological polar surface area (TPSA) is 20.3 Å². The van der Waals surface area contributed by atoms with Crippen molar-refractivity contribution < 1.29 is 4.79 Å². The minimum Gasteiger partial charge on any atom is -0.274 e. The summed E-state index contributed by atoms with van der Waals surface area (Å²) in [5.41, 5.74) is 0. The summed E-state index contributed by atoms with van der Waals surface area (Å²) in [7, 11) is 0. The highest BCUT2D eigenvalue weighted by Crippen LogP contribution is 2.10. The van der Waals surface area contributed by atoms with Crippen molar-refractivity contribution in [1.82, 2.24) is 4.42 Å². The third-order valence-corrected chi connectivity index (χ3v) is 1.37. The molecule has 1 aliphatic heterocycles. The molecule has 1 aliphatic rings. The lowest BCUT2D eigenvalue weighted by Gasteiger charge is -1.98. The lowest BCUT2D eigenvalue weighted by atomic mass is 10.4. The van der Waals surface area contributed by atoms with Gasteiger partial charge < -0.3 is 0 Å². The zero-order valence-corrected chi connectivity index (χ0v) is 4.61. The SMILES string of the molecule is O=C1CCCN1Cl. The van der Waals surface area contributed by atoms with Crippen LogP contribution in [0.5, 0.6) is 0 Å². The Kier molecular flexibility index (Phi) is 1.19. The van der Waals surface area contributed by atoms with E-state index in [2.05, 4.69) is 0 Å². The molecular weight excluding hydrogens is 114 g/mol. The van der Waals surface area contributed by atoms with E-state index in [9.17, 15) is 4.79 Å². The molecule has 1 rings (SSSR count). The lowest BCUT2D eigenvalue weighted by Crippen LogP contribution is -2.10. The quantitative estimate of drug-likeness (QED) is 0.431. The summed E-state index contributed by atoms with van der Waals surface area (Å²) >= 11 is 5.35. The van der Waals surface area contributed by atoms with Crippen LogP contribution in [0.4, 0.5) is 0 Å². The molecule has 3 heteroatoms. The molecule has 40 valence electrons. The van der Waals surface area contributed by atoms with Crippen LogP contribution in [0.1, 0.15) is 12.8 Å². The maximum absolute atomic E-state index is 10.4. The average molecular weight is 120 g/mol. The molecule has 0 aromatic carbocycles. The smallest absolute Gasteiger partial charge is 0.236 e. The largest absolute Gasteiger partial charge is 0.274 e.